The number of nitrogens with zero attached hydrogens (tertiary/aromatic N) is 1. The Balaban J connectivity index is 1.79. The van der Waals surface area contributed by atoms with E-state index in [-0.39, 0.29) is 5.91 Å². The third-order valence-electron chi connectivity index (χ3n) is 3.56. The molecule has 23 heavy (non-hydrogen) atoms. The van der Waals surface area contributed by atoms with Gasteiger partial charge in [0.2, 0.25) is 0 Å². The fourth-order valence-electron chi connectivity index (χ4n) is 2.41. The Morgan fingerprint density at radius 1 is 1.26 bits per heavy atom. The number of carbonyl (C=O) groups is 1. The third kappa shape index (κ3) is 3.34. The van der Waals surface area contributed by atoms with Crippen molar-refractivity contribution in [3.8, 4) is 5.75 Å². The smallest absolute Gasteiger partial charge is 0.266 e. The van der Waals surface area contributed by atoms with Crippen LogP contribution in [0.4, 0.5) is 5.82 Å². The lowest BCUT2D eigenvalue weighted by atomic mass is 10.1. The molecular weight excluding hydrogens is 292 g/mol. The molecule has 0 saturated heterocycles. The molecule has 0 aliphatic carbocycles. The lowest BCUT2D eigenvalue weighted by Crippen LogP contribution is -2.32. The minimum atomic E-state index is -0.599. The number of nitrogens with one attached hydrogen (secondary N) is 1. The van der Waals surface area contributed by atoms with E-state index < -0.39 is 6.10 Å². The Hall–Kier alpha value is -2.82. The predicted molar refractivity (Wildman–Crippen MR) is 88.5 cm³/mol. The van der Waals surface area contributed by atoms with Crippen molar-refractivity contribution in [3.05, 3.63) is 54.3 Å². The Morgan fingerprint density at radius 3 is 2.78 bits per heavy atom. The minimum Gasteiger partial charge on any atom is -0.480 e. The maximum absolute atomic E-state index is 12.4. The van der Waals surface area contributed by atoms with Crippen molar-refractivity contribution in [2.24, 2.45) is 0 Å². The SMILES string of the molecule is CC[C@@H](Oc1cccc2ccccc12)C(=O)Nc1cc(C)on1. The summed E-state index contributed by atoms with van der Waals surface area (Å²) in [6.45, 7) is 3.68. The topological polar surface area (TPSA) is 64.4 Å². The van der Waals surface area contributed by atoms with Gasteiger partial charge in [0.15, 0.2) is 11.9 Å². The van der Waals surface area contributed by atoms with E-state index in [2.05, 4.69) is 10.5 Å². The molecule has 5 heteroatoms. The van der Waals surface area contributed by atoms with Crippen LogP contribution in [0.5, 0.6) is 5.75 Å². The van der Waals surface area contributed by atoms with Crippen molar-refractivity contribution < 1.29 is 14.1 Å². The fourth-order valence-corrected chi connectivity index (χ4v) is 2.41. The molecule has 0 radical (unpaired) electrons. The minimum absolute atomic E-state index is 0.242. The summed E-state index contributed by atoms with van der Waals surface area (Å²) in [5, 5.41) is 8.54. The number of ether oxygens (including phenoxy) is 1. The summed E-state index contributed by atoms with van der Waals surface area (Å²) in [6, 6.07) is 15.4. The molecule has 1 amide bonds. The van der Waals surface area contributed by atoms with E-state index in [0.29, 0.717) is 23.7 Å². The Bertz CT molecular complexity index is 821. The second-order valence-electron chi connectivity index (χ2n) is 5.30. The van der Waals surface area contributed by atoms with Crippen molar-refractivity contribution in [1.29, 1.82) is 0 Å². The summed E-state index contributed by atoms with van der Waals surface area (Å²) < 4.78 is 10.9. The van der Waals surface area contributed by atoms with Crippen molar-refractivity contribution in [2.75, 3.05) is 5.32 Å². The highest BCUT2D eigenvalue weighted by atomic mass is 16.5. The van der Waals surface area contributed by atoms with Crippen LogP contribution in [0.25, 0.3) is 10.8 Å². The summed E-state index contributed by atoms with van der Waals surface area (Å²) >= 11 is 0. The van der Waals surface area contributed by atoms with Gasteiger partial charge >= 0.3 is 0 Å². The average molecular weight is 310 g/mol. The van der Waals surface area contributed by atoms with Gasteiger partial charge < -0.3 is 14.6 Å². The molecule has 0 fully saturated rings. The first-order valence-corrected chi connectivity index (χ1v) is 7.56. The molecule has 3 rings (SSSR count). The lowest BCUT2D eigenvalue weighted by molar-refractivity contribution is -0.122. The van der Waals surface area contributed by atoms with E-state index in [1.807, 2.05) is 49.4 Å². The first-order chi connectivity index (χ1) is 11.2. The van der Waals surface area contributed by atoms with Crippen LogP contribution in [-0.4, -0.2) is 17.2 Å². The molecule has 1 aromatic heterocycles. The molecule has 3 aromatic rings. The van der Waals surface area contributed by atoms with Crippen LogP contribution < -0.4 is 10.1 Å². The van der Waals surface area contributed by atoms with Crippen molar-refractivity contribution in [2.45, 2.75) is 26.4 Å². The summed E-state index contributed by atoms with van der Waals surface area (Å²) in [5.41, 5.74) is 0. The highest BCUT2D eigenvalue weighted by Crippen LogP contribution is 2.26. The monoisotopic (exact) mass is 310 g/mol. The van der Waals surface area contributed by atoms with Gasteiger partial charge in [-0.2, -0.15) is 0 Å². The third-order valence-corrected chi connectivity index (χ3v) is 3.56. The molecule has 1 atom stereocenters. The average Bonchev–Trinajstić information content (AvgIpc) is 2.97. The van der Waals surface area contributed by atoms with E-state index in [9.17, 15) is 4.79 Å². The maximum atomic E-state index is 12.4. The number of aromatic nitrogens is 1. The summed E-state index contributed by atoms with van der Waals surface area (Å²) in [5.74, 6) is 1.49. The first-order valence-electron chi connectivity index (χ1n) is 7.56. The second-order valence-corrected chi connectivity index (χ2v) is 5.30. The number of rotatable bonds is 5. The van der Waals surface area contributed by atoms with Crippen LogP contribution >= 0.6 is 0 Å². The van der Waals surface area contributed by atoms with Gasteiger partial charge in [0.25, 0.3) is 5.91 Å². The van der Waals surface area contributed by atoms with Crippen molar-refractivity contribution in [3.63, 3.8) is 0 Å². The first kappa shape index (κ1) is 15.1. The molecule has 0 bridgehead atoms. The zero-order valence-electron chi connectivity index (χ0n) is 13.1. The van der Waals surface area contributed by atoms with Gasteiger partial charge in [-0.15, -0.1) is 0 Å². The van der Waals surface area contributed by atoms with E-state index in [1.54, 1.807) is 13.0 Å². The molecule has 0 saturated carbocycles. The molecule has 1 heterocycles. The van der Waals surface area contributed by atoms with Gasteiger partial charge in [-0.3, -0.25) is 4.79 Å². The normalized spacial score (nSPS) is 12.1. The number of benzene rings is 2. The van der Waals surface area contributed by atoms with Gasteiger partial charge in [-0.1, -0.05) is 48.5 Å². The van der Waals surface area contributed by atoms with Gasteiger partial charge in [0, 0.05) is 11.5 Å². The quantitative estimate of drug-likeness (QED) is 0.775. The molecule has 5 nitrogen and oxygen atoms in total. The Morgan fingerprint density at radius 2 is 2.04 bits per heavy atom. The van der Waals surface area contributed by atoms with Gasteiger partial charge in [0.05, 0.1) is 0 Å². The number of fused-ring (bicyclic) bond motifs is 1. The Labute approximate surface area is 134 Å². The number of hydrogen-bond acceptors (Lipinski definition) is 4. The van der Waals surface area contributed by atoms with Crippen LogP contribution in [-0.2, 0) is 4.79 Å². The number of amides is 1. The summed E-state index contributed by atoms with van der Waals surface area (Å²) in [7, 11) is 0. The van der Waals surface area contributed by atoms with Crippen LogP contribution in [0.2, 0.25) is 0 Å². The zero-order chi connectivity index (χ0) is 16.2. The number of hydrogen-bond donors (Lipinski definition) is 1. The molecule has 0 aliphatic heterocycles. The fraction of sp³-hybridized carbons (Fsp3) is 0.222. The maximum Gasteiger partial charge on any atom is 0.266 e. The van der Waals surface area contributed by atoms with E-state index in [4.69, 9.17) is 9.26 Å². The van der Waals surface area contributed by atoms with Crippen molar-refractivity contribution in [1.82, 2.24) is 5.16 Å². The van der Waals surface area contributed by atoms with Crippen LogP contribution in [0.15, 0.2) is 53.1 Å². The zero-order valence-corrected chi connectivity index (χ0v) is 13.1. The summed E-state index contributed by atoms with van der Waals surface area (Å²) in [4.78, 5) is 12.4. The van der Waals surface area contributed by atoms with Gasteiger partial charge in [-0.25, -0.2) is 0 Å². The molecule has 0 aliphatic rings. The van der Waals surface area contributed by atoms with Gasteiger partial charge in [0.1, 0.15) is 11.5 Å². The number of anilines is 1. The highest BCUT2D eigenvalue weighted by Gasteiger charge is 2.20. The number of aryl methyl sites for hydroxylation is 1. The van der Waals surface area contributed by atoms with E-state index in [0.717, 1.165) is 10.8 Å². The molecule has 1 N–H and O–H groups in total. The van der Waals surface area contributed by atoms with Gasteiger partial charge in [-0.05, 0) is 24.8 Å². The molecular formula is C18H18N2O3. The Kier molecular flexibility index (Phi) is 4.28. The molecule has 118 valence electrons. The molecule has 0 spiro atoms. The standard InChI is InChI=1S/C18H18N2O3/c1-3-15(18(21)19-17-11-12(2)23-20-17)22-16-10-6-8-13-7-4-5-9-14(13)16/h4-11,15H,3H2,1-2H3,(H,19,20,21)/t15-/m1/s1. The van der Waals surface area contributed by atoms with E-state index in [1.165, 1.54) is 0 Å². The number of carbonyl (C=O) groups excluding carboxylic acids is 1. The summed E-state index contributed by atoms with van der Waals surface area (Å²) in [6.07, 6.45) is -0.0517. The predicted octanol–water partition coefficient (Wildman–Crippen LogP) is 3.93. The molecule has 0 unspecified atom stereocenters. The lowest BCUT2D eigenvalue weighted by Gasteiger charge is -2.17. The van der Waals surface area contributed by atoms with Crippen LogP contribution in [0, 0.1) is 6.92 Å². The van der Waals surface area contributed by atoms with Crippen LogP contribution in [0.3, 0.4) is 0 Å². The second kappa shape index (κ2) is 6.52. The largest absolute Gasteiger partial charge is 0.480 e. The van der Waals surface area contributed by atoms with Crippen LogP contribution in [0.1, 0.15) is 19.1 Å². The van der Waals surface area contributed by atoms with E-state index >= 15 is 0 Å². The van der Waals surface area contributed by atoms with Crippen molar-refractivity contribution >= 4 is 22.5 Å². The highest BCUT2D eigenvalue weighted by molar-refractivity contribution is 5.94. The molecule has 2 aromatic carbocycles.